The number of aromatic nitrogens is 2. The fourth-order valence-corrected chi connectivity index (χ4v) is 2.47. The number of nitrogens with zero attached hydrogens (tertiary/aromatic N) is 3. The van der Waals surface area contributed by atoms with E-state index in [0.717, 1.165) is 22.8 Å². The number of methoxy groups -OCH3 is 1. The van der Waals surface area contributed by atoms with Crippen LogP contribution in [0.5, 0.6) is 5.75 Å². The van der Waals surface area contributed by atoms with Gasteiger partial charge in [-0.2, -0.15) is 0 Å². The molecule has 0 amide bonds. The number of anilines is 2. The molecule has 0 saturated carbocycles. The summed E-state index contributed by atoms with van der Waals surface area (Å²) in [4.78, 5) is 6.54. The Labute approximate surface area is 123 Å². The molecule has 0 fully saturated rings. The van der Waals surface area contributed by atoms with Gasteiger partial charge < -0.3 is 14.7 Å². The van der Waals surface area contributed by atoms with Crippen LogP contribution in [0.25, 0.3) is 5.65 Å². The van der Waals surface area contributed by atoms with Gasteiger partial charge in [0.1, 0.15) is 11.4 Å². The zero-order valence-corrected chi connectivity index (χ0v) is 12.0. The molecule has 21 heavy (non-hydrogen) atoms. The van der Waals surface area contributed by atoms with Crippen LogP contribution in [0.4, 0.5) is 11.5 Å². The molecule has 0 bridgehead atoms. The van der Waals surface area contributed by atoms with Crippen LogP contribution in [0.15, 0.2) is 48.7 Å². The summed E-state index contributed by atoms with van der Waals surface area (Å²) in [6.07, 6.45) is 1.90. The highest BCUT2D eigenvalue weighted by Gasteiger charge is 2.18. The quantitative estimate of drug-likeness (QED) is 0.799. The fraction of sp³-hybridized carbons (Fsp3) is 0.188. The second-order valence-electron chi connectivity index (χ2n) is 4.70. The number of hydrogen-bond acceptors (Lipinski definition) is 4. The molecule has 0 saturated heterocycles. The van der Waals surface area contributed by atoms with Crippen molar-refractivity contribution >= 4 is 17.2 Å². The van der Waals surface area contributed by atoms with Crippen LogP contribution < -0.4 is 9.64 Å². The second kappa shape index (κ2) is 5.46. The minimum absolute atomic E-state index is 0.0833. The predicted molar refractivity (Wildman–Crippen MR) is 82.2 cm³/mol. The third-order valence-electron chi connectivity index (χ3n) is 3.52. The van der Waals surface area contributed by atoms with E-state index in [-0.39, 0.29) is 6.61 Å². The highest BCUT2D eigenvalue weighted by Crippen LogP contribution is 2.33. The van der Waals surface area contributed by atoms with E-state index >= 15 is 0 Å². The van der Waals surface area contributed by atoms with Crippen molar-refractivity contribution in [3.63, 3.8) is 0 Å². The minimum Gasteiger partial charge on any atom is -0.495 e. The summed E-state index contributed by atoms with van der Waals surface area (Å²) < 4.78 is 7.29. The standard InChI is InChI=1S/C16H17N3O2/c1-18(12-7-3-4-8-14(12)21-2)16-13(11-20)19-10-6-5-9-15(19)17-16/h3-10,20H,11H2,1-2H3. The molecule has 2 heterocycles. The Bertz CT molecular complexity index is 767. The molecule has 0 unspecified atom stereocenters. The smallest absolute Gasteiger partial charge is 0.157 e. The van der Waals surface area contributed by atoms with Gasteiger partial charge in [0.25, 0.3) is 0 Å². The van der Waals surface area contributed by atoms with Gasteiger partial charge in [-0.25, -0.2) is 4.98 Å². The SMILES string of the molecule is COc1ccccc1N(C)c1nc2ccccn2c1CO. The molecule has 2 aromatic heterocycles. The van der Waals surface area contributed by atoms with Gasteiger partial charge >= 0.3 is 0 Å². The van der Waals surface area contributed by atoms with Crippen molar-refractivity contribution in [1.82, 2.24) is 9.38 Å². The van der Waals surface area contributed by atoms with Crippen LogP contribution in [0, 0.1) is 0 Å². The molecule has 1 N–H and O–H groups in total. The van der Waals surface area contributed by atoms with Gasteiger partial charge in [0.05, 0.1) is 25.1 Å². The van der Waals surface area contributed by atoms with E-state index < -0.39 is 0 Å². The lowest BCUT2D eigenvalue weighted by atomic mass is 10.2. The Balaban J connectivity index is 2.15. The lowest BCUT2D eigenvalue weighted by Gasteiger charge is -2.20. The molecule has 5 nitrogen and oxygen atoms in total. The summed E-state index contributed by atoms with van der Waals surface area (Å²) in [5.41, 5.74) is 2.45. The van der Waals surface area contributed by atoms with Crippen molar-refractivity contribution in [3.05, 3.63) is 54.4 Å². The summed E-state index contributed by atoms with van der Waals surface area (Å²) in [7, 11) is 3.56. The molecule has 0 atom stereocenters. The molecule has 1 aromatic carbocycles. The molecule has 3 aromatic rings. The van der Waals surface area contributed by atoms with Gasteiger partial charge in [-0.1, -0.05) is 18.2 Å². The van der Waals surface area contributed by atoms with Gasteiger partial charge in [-0.05, 0) is 24.3 Å². The maximum atomic E-state index is 9.71. The highest BCUT2D eigenvalue weighted by molar-refractivity contribution is 5.70. The first-order valence-corrected chi connectivity index (χ1v) is 6.70. The van der Waals surface area contributed by atoms with E-state index in [1.807, 2.05) is 65.0 Å². The number of pyridine rings is 1. The lowest BCUT2D eigenvalue weighted by molar-refractivity contribution is 0.276. The van der Waals surface area contributed by atoms with Gasteiger partial charge in [0, 0.05) is 13.2 Å². The molecule has 3 rings (SSSR count). The minimum atomic E-state index is -0.0833. The van der Waals surface area contributed by atoms with Crippen LogP contribution in [-0.4, -0.2) is 28.6 Å². The van der Waals surface area contributed by atoms with Crippen molar-refractivity contribution in [2.45, 2.75) is 6.61 Å². The molecule has 108 valence electrons. The maximum Gasteiger partial charge on any atom is 0.157 e. The molecule has 0 spiro atoms. The van der Waals surface area contributed by atoms with Gasteiger partial charge in [-0.3, -0.25) is 4.40 Å². The number of rotatable bonds is 4. The van der Waals surface area contributed by atoms with Crippen LogP contribution in [0.2, 0.25) is 0 Å². The number of aliphatic hydroxyl groups is 1. The molecule has 0 aliphatic carbocycles. The first-order chi connectivity index (χ1) is 10.3. The van der Waals surface area contributed by atoms with Gasteiger partial charge in [0.2, 0.25) is 0 Å². The van der Waals surface area contributed by atoms with Crippen molar-refractivity contribution in [2.24, 2.45) is 0 Å². The number of hydrogen-bond donors (Lipinski definition) is 1. The second-order valence-corrected chi connectivity index (χ2v) is 4.70. The molecule has 0 aliphatic rings. The number of fused-ring (bicyclic) bond motifs is 1. The average molecular weight is 283 g/mol. The Hall–Kier alpha value is -2.53. The molecule has 0 radical (unpaired) electrons. The van der Waals surface area contributed by atoms with Crippen molar-refractivity contribution in [3.8, 4) is 5.75 Å². The average Bonchev–Trinajstić information content (AvgIpc) is 2.92. The summed E-state index contributed by atoms with van der Waals surface area (Å²) in [5.74, 6) is 1.48. The molecule has 5 heteroatoms. The zero-order valence-electron chi connectivity index (χ0n) is 12.0. The van der Waals surface area contributed by atoms with Crippen molar-refractivity contribution in [2.75, 3.05) is 19.1 Å². The summed E-state index contributed by atoms with van der Waals surface area (Å²) in [6.45, 7) is -0.0833. The van der Waals surface area contributed by atoms with E-state index in [1.54, 1.807) is 7.11 Å². The normalized spacial score (nSPS) is 10.8. The van der Waals surface area contributed by atoms with Gasteiger partial charge in [-0.15, -0.1) is 0 Å². The Morgan fingerprint density at radius 2 is 1.95 bits per heavy atom. The number of para-hydroxylation sites is 2. The van der Waals surface area contributed by atoms with Crippen molar-refractivity contribution < 1.29 is 9.84 Å². The molecular weight excluding hydrogens is 266 g/mol. The van der Waals surface area contributed by atoms with E-state index in [9.17, 15) is 5.11 Å². The monoisotopic (exact) mass is 283 g/mol. The number of aliphatic hydroxyl groups excluding tert-OH is 1. The summed E-state index contributed by atoms with van der Waals surface area (Å²) in [5, 5.41) is 9.71. The van der Waals surface area contributed by atoms with E-state index in [4.69, 9.17) is 4.74 Å². The maximum absolute atomic E-state index is 9.71. The van der Waals surface area contributed by atoms with Crippen LogP contribution in [0.3, 0.4) is 0 Å². The van der Waals surface area contributed by atoms with Crippen LogP contribution in [-0.2, 0) is 6.61 Å². The number of benzene rings is 1. The largest absolute Gasteiger partial charge is 0.495 e. The predicted octanol–water partition coefficient (Wildman–Crippen LogP) is 2.60. The zero-order chi connectivity index (χ0) is 14.8. The van der Waals surface area contributed by atoms with E-state index in [1.165, 1.54) is 0 Å². The molecule has 0 aliphatic heterocycles. The third kappa shape index (κ3) is 2.21. The number of ether oxygens (including phenoxy) is 1. The van der Waals surface area contributed by atoms with Crippen LogP contribution in [0.1, 0.15) is 5.69 Å². The highest BCUT2D eigenvalue weighted by atomic mass is 16.5. The van der Waals surface area contributed by atoms with Gasteiger partial charge in [0.15, 0.2) is 5.82 Å². The van der Waals surface area contributed by atoms with Crippen molar-refractivity contribution in [1.29, 1.82) is 0 Å². The Morgan fingerprint density at radius 1 is 1.19 bits per heavy atom. The Morgan fingerprint density at radius 3 is 2.71 bits per heavy atom. The number of imidazole rings is 1. The topological polar surface area (TPSA) is 50.0 Å². The first kappa shape index (κ1) is 13.5. The summed E-state index contributed by atoms with van der Waals surface area (Å²) >= 11 is 0. The summed E-state index contributed by atoms with van der Waals surface area (Å²) in [6, 6.07) is 13.5. The lowest BCUT2D eigenvalue weighted by Crippen LogP contribution is -2.13. The first-order valence-electron chi connectivity index (χ1n) is 6.70. The van der Waals surface area contributed by atoms with Crippen LogP contribution >= 0.6 is 0 Å². The molecular formula is C16H17N3O2. The fourth-order valence-electron chi connectivity index (χ4n) is 2.47. The van der Waals surface area contributed by atoms with E-state index in [0.29, 0.717) is 5.82 Å². The Kier molecular flexibility index (Phi) is 3.50. The third-order valence-corrected chi connectivity index (χ3v) is 3.52. The van der Waals surface area contributed by atoms with E-state index in [2.05, 4.69) is 4.98 Å².